The van der Waals surface area contributed by atoms with Gasteiger partial charge >= 0.3 is 6.18 Å². The minimum Gasteiger partial charge on any atom is -0.399 e. The van der Waals surface area contributed by atoms with Crippen LogP contribution >= 0.6 is 0 Å². The van der Waals surface area contributed by atoms with Gasteiger partial charge in [0.2, 0.25) is 5.91 Å². The molecule has 1 aliphatic carbocycles. The second kappa shape index (κ2) is 3.27. The predicted molar refractivity (Wildman–Crippen MR) is 47.1 cm³/mol. The Morgan fingerprint density at radius 1 is 1.47 bits per heavy atom. The van der Waals surface area contributed by atoms with E-state index in [4.69, 9.17) is 17.2 Å². The molecule has 1 unspecified atom stereocenters. The van der Waals surface area contributed by atoms with Gasteiger partial charge in [-0.2, -0.15) is 13.2 Å². The summed E-state index contributed by atoms with van der Waals surface area (Å²) in [6.07, 6.45) is -3.59. The summed E-state index contributed by atoms with van der Waals surface area (Å²) >= 11 is 0. The van der Waals surface area contributed by atoms with Gasteiger partial charge in [0.05, 0.1) is 0 Å². The van der Waals surface area contributed by atoms with E-state index in [-0.39, 0.29) is 11.3 Å². The lowest BCUT2D eigenvalue weighted by atomic mass is 9.85. The van der Waals surface area contributed by atoms with Gasteiger partial charge in [-0.3, -0.25) is 4.79 Å². The van der Waals surface area contributed by atoms with Crippen molar-refractivity contribution in [2.45, 2.75) is 18.1 Å². The Bertz CT molecular complexity index is 359. The largest absolute Gasteiger partial charge is 0.410 e. The van der Waals surface area contributed by atoms with Gasteiger partial charge < -0.3 is 17.2 Å². The minimum atomic E-state index is -4.67. The van der Waals surface area contributed by atoms with Crippen LogP contribution in [0.5, 0.6) is 0 Å². The molecule has 1 aliphatic rings. The molecule has 0 aromatic rings. The summed E-state index contributed by atoms with van der Waals surface area (Å²) in [6, 6.07) is 0. The first-order valence-electron chi connectivity index (χ1n) is 4.00. The molecule has 0 saturated heterocycles. The van der Waals surface area contributed by atoms with E-state index >= 15 is 0 Å². The van der Waals surface area contributed by atoms with Crippen molar-refractivity contribution < 1.29 is 18.0 Å². The third-order valence-corrected chi connectivity index (χ3v) is 2.09. The highest BCUT2D eigenvalue weighted by molar-refractivity contribution is 5.93. The van der Waals surface area contributed by atoms with Gasteiger partial charge in [-0.05, 0) is 12.2 Å². The van der Waals surface area contributed by atoms with Gasteiger partial charge in [0.1, 0.15) is 5.54 Å². The third-order valence-electron chi connectivity index (χ3n) is 2.09. The fourth-order valence-corrected chi connectivity index (χ4v) is 1.30. The van der Waals surface area contributed by atoms with Crippen LogP contribution in [0, 0.1) is 0 Å². The van der Waals surface area contributed by atoms with E-state index in [1.807, 2.05) is 0 Å². The zero-order valence-corrected chi connectivity index (χ0v) is 7.64. The Morgan fingerprint density at radius 2 is 2.00 bits per heavy atom. The molecule has 0 heterocycles. The molecule has 1 rings (SSSR count). The fourth-order valence-electron chi connectivity index (χ4n) is 1.30. The zero-order valence-electron chi connectivity index (χ0n) is 7.64. The van der Waals surface area contributed by atoms with Crippen molar-refractivity contribution in [1.29, 1.82) is 0 Å². The van der Waals surface area contributed by atoms with Crippen LogP contribution in [0.1, 0.15) is 6.42 Å². The average Bonchev–Trinajstić information content (AvgIpc) is 2.00. The normalized spacial score (nSPS) is 26.9. The van der Waals surface area contributed by atoms with Crippen LogP contribution in [-0.2, 0) is 4.79 Å². The number of allylic oxidation sites excluding steroid dienone is 1. The molecular formula is C8H10F3N3O. The minimum absolute atomic E-state index is 0.213. The second-order valence-electron chi connectivity index (χ2n) is 3.39. The maximum atomic E-state index is 12.5. The van der Waals surface area contributed by atoms with Crippen LogP contribution in [0.3, 0.4) is 0 Å². The third kappa shape index (κ3) is 2.12. The molecule has 0 saturated carbocycles. The van der Waals surface area contributed by atoms with E-state index in [1.165, 1.54) is 0 Å². The Labute approximate surface area is 83.6 Å². The molecule has 0 spiro atoms. The van der Waals surface area contributed by atoms with Crippen LogP contribution < -0.4 is 17.2 Å². The lowest BCUT2D eigenvalue weighted by Gasteiger charge is -2.31. The molecule has 7 heteroatoms. The molecule has 0 bridgehead atoms. The molecule has 0 aromatic heterocycles. The summed E-state index contributed by atoms with van der Waals surface area (Å²) in [5.74, 6) is -0.954. The van der Waals surface area contributed by atoms with Gasteiger partial charge in [0.15, 0.2) is 0 Å². The van der Waals surface area contributed by atoms with Crippen LogP contribution in [0.2, 0.25) is 0 Å². The molecule has 4 nitrogen and oxygen atoms in total. The van der Waals surface area contributed by atoms with Crippen molar-refractivity contribution in [3.8, 4) is 0 Å². The number of carbonyl (C=O) groups is 1. The highest BCUT2D eigenvalue weighted by Crippen LogP contribution is 2.37. The molecule has 0 aliphatic heterocycles. The smallest absolute Gasteiger partial charge is 0.399 e. The van der Waals surface area contributed by atoms with Crippen molar-refractivity contribution in [2.75, 3.05) is 0 Å². The Balaban J connectivity index is 3.12. The Hall–Kier alpha value is -1.50. The van der Waals surface area contributed by atoms with Gasteiger partial charge in [-0.1, -0.05) is 0 Å². The van der Waals surface area contributed by atoms with Gasteiger partial charge in [0, 0.05) is 17.7 Å². The number of hydrogen-bond donors (Lipinski definition) is 3. The summed E-state index contributed by atoms with van der Waals surface area (Å²) in [6.45, 7) is 0. The summed E-state index contributed by atoms with van der Waals surface area (Å²) < 4.78 is 37.6. The molecule has 0 fully saturated rings. The van der Waals surface area contributed by atoms with E-state index in [1.54, 1.807) is 0 Å². The number of rotatable bonds is 1. The molecule has 84 valence electrons. The van der Waals surface area contributed by atoms with Crippen molar-refractivity contribution >= 4 is 5.91 Å². The molecule has 1 atom stereocenters. The lowest BCUT2D eigenvalue weighted by Crippen LogP contribution is -2.54. The molecular weight excluding hydrogens is 211 g/mol. The quantitative estimate of drug-likeness (QED) is 0.577. The average molecular weight is 221 g/mol. The summed E-state index contributed by atoms with van der Waals surface area (Å²) in [4.78, 5) is 10.8. The van der Waals surface area contributed by atoms with Crippen molar-refractivity contribution in [2.24, 2.45) is 17.2 Å². The van der Waals surface area contributed by atoms with Crippen LogP contribution in [0.15, 0.2) is 23.4 Å². The van der Waals surface area contributed by atoms with Gasteiger partial charge in [0.25, 0.3) is 0 Å². The number of hydrogen-bond acceptors (Lipinski definition) is 3. The Morgan fingerprint density at radius 3 is 2.40 bits per heavy atom. The number of primary amides is 1. The van der Waals surface area contributed by atoms with E-state index < -0.39 is 24.0 Å². The number of halogens is 3. The van der Waals surface area contributed by atoms with E-state index in [0.717, 1.165) is 6.08 Å². The first kappa shape index (κ1) is 11.6. The highest BCUT2D eigenvalue weighted by atomic mass is 19.4. The zero-order chi connectivity index (χ0) is 11.9. The molecule has 15 heavy (non-hydrogen) atoms. The lowest BCUT2D eigenvalue weighted by molar-refractivity contribution is -0.171. The first-order valence-corrected chi connectivity index (χ1v) is 4.00. The maximum absolute atomic E-state index is 12.5. The number of nitrogens with two attached hydrogens (primary N) is 3. The Kier molecular flexibility index (Phi) is 2.52. The summed E-state index contributed by atoms with van der Waals surface area (Å²) in [7, 11) is 0. The van der Waals surface area contributed by atoms with Gasteiger partial charge in [-0.25, -0.2) is 0 Å². The van der Waals surface area contributed by atoms with Gasteiger partial charge in [-0.15, -0.1) is 0 Å². The molecule has 1 amide bonds. The van der Waals surface area contributed by atoms with E-state index in [0.29, 0.717) is 6.08 Å². The second-order valence-corrected chi connectivity index (χ2v) is 3.39. The SMILES string of the molecule is NC(=O)C1=CC(N)=CC(N)(C(F)(F)F)C1. The van der Waals surface area contributed by atoms with E-state index in [2.05, 4.69) is 0 Å². The fraction of sp³-hybridized carbons (Fsp3) is 0.375. The molecule has 0 radical (unpaired) electrons. The highest BCUT2D eigenvalue weighted by Gasteiger charge is 2.52. The predicted octanol–water partition coefficient (Wildman–Crippen LogP) is -0.0958. The topological polar surface area (TPSA) is 95.1 Å². The first-order chi connectivity index (χ1) is 6.66. The van der Waals surface area contributed by atoms with Crippen LogP contribution in [-0.4, -0.2) is 17.6 Å². The molecule has 0 aromatic carbocycles. The standard InChI is InChI=1S/C8H10F3N3O/c9-8(10,11)7(14)2-4(6(13)15)1-5(12)3-7/h1,3H,2,12,14H2,(H2,13,15). The maximum Gasteiger partial charge on any atom is 0.410 e. The molecule has 6 N–H and O–H groups in total. The monoisotopic (exact) mass is 221 g/mol. The van der Waals surface area contributed by atoms with Crippen molar-refractivity contribution in [3.05, 3.63) is 23.4 Å². The van der Waals surface area contributed by atoms with Crippen LogP contribution in [0.25, 0.3) is 0 Å². The summed E-state index contributed by atoms with van der Waals surface area (Å²) in [5.41, 5.74) is 12.2. The summed E-state index contributed by atoms with van der Waals surface area (Å²) in [5, 5.41) is 0. The number of amides is 1. The van der Waals surface area contributed by atoms with Crippen molar-refractivity contribution in [1.82, 2.24) is 0 Å². The van der Waals surface area contributed by atoms with E-state index in [9.17, 15) is 18.0 Å². The number of alkyl halides is 3. The van der Waals surface area contributed by atoms with Crippen LogP contribution in [0.4, 0.5) is 13.2 Å². The van der Waals surface area contributed by atoms with Crippen molar-refractivity contribution in [3.63, 3.8) is 0 Å². The number of carbonyl (C=O) groups excluding carboxylic acids is 1.